The van der Waals surface area contributed by atoms with Gasteiger partial charge in [0.05, 0.1) is 25.2 Å². The van der Waals surface area contributed by atoms with Crippen LogP contribution in [0.3, 0.4) is 0 Å². The van der Waals surface area contributed by atoms with Crippen molar-refractivity contribution in [3.63, 3.8) is 0 Å². The minimum absolute atomic E-state index is 0.0312. The molecule has 1 fully saturated rings. The molecular weight excluding hydrogens is 462 g/mol. The average Bonchev–Trinajstić information content (AvgIpc) is 3.24. The second kappa shape index (κ2) is 13.0. The van der Waals surface area contributed by atoms with Gasteiger partial charge in [-0.1, -0.05) is 44.2 Å². The van der Waals surface area contributed by atoms with Gasteiger partial charge in [-0.2, -0.15) is 0 Å². The lowest BCUT2D eigenvalue weighted by atomic mass is 9.95. The molecule has 1 unspecified atom stereocenters. The van der Waals surface area contributed by atoms with Gasteiger partial charge in [0.2, 0.25) is 18.1 Å². The number of hydrogen-bond donors (Lipinski definition) is 5. The number of aryl methyl sites for hydroxylation is 1. The normalized spacial score (nSPS) is 22.9. The molecule has 1 aliphatic rings. The summed E-state index contributed by atoms with van der Waals surface area (Å²) in [6, 6.07) is 8.03. The molecule has 1 aromatic heterocycles. The second-order valence-corrected chi connectivity index (χ2v) is 9.76. The predicted octanol–water partition coefficient (Wildman–Crippen LogP) is 2.20. The molecule has 198 valence electrons. The number of carbonyl (C=O) groups is 1. The Bertz CT molecular complexity index is 990. The van der Waals surface area contributed by atoms with Crippen LogP contribution in [-0.4, -0.2) is 69.2 Å². The number of rotatable bonds is 12. The van der Waals surface area contributed by atoms with E-state index in [4.69, 9.17) is 14.6 Å². The number of carbonyl (C=O) groups excluding carboxylic acids is 1. The van der Waals surface area contributed by atoms with Crippen LogP contribution >= 0.6 is 0 Å². The Kier molecular flexibility index (Phi) is 10.1. The van der Waals surface area contributed by atoms with Gasteiger partial charge in [0.1, 0.15) is 6.10 Å². The number of amides is 1. The van der Waals surface area contributed by atoms with Crippen molar-refractivity contribution in [3.8, 4) is 5.88 Å². The lowest BCUT2D eigenvalue weighted by molar-refractivity contribution is -0.207. The number of aliphatic hydroxyl groups excluding tert-OH is 3. The van der Waals surface area contributed by atoms with Crippen LogP contribution in [0.4, 0.5) is 0 Å². The highest BCUT2D eigenvalue weighted by atomic mass is 16.7. The number of ether oxygens (including phenoxy) is 2. The molecule has 9 heteroatoms. The Labute approximate surface area is 212 Å². The summed E-state index contributed by atoms with van der Waals surface area (Å²) >= 11 is 0. The van der Waals surface area contributed by atoms with Gasteiger partial charge in [0.15, 0.2) is 0 Å². The third kappa shape index (κ3) is 7.16. The topological polar surface area (TPSA) is 137 Å². The van der Waals surface area contributed by atoms with Crippen LogP contribution in [-0.2, 0) is 22.4 Å². The van der Waals surface area contributed by atoms with Crippen LogP contribution in [0.5, 0.6) is 5.88 Å². The molecule has 0 aliphatic carbocycles. The highest BCUT2D eigenvalue weighted by Gasteiger charge is 2.39. The SMILES string of the molecule is C=CC1[C@H](Oc2n[nH]c(C(C)C)c2Cc2ccc(CCCC(=O)N[C@@H](C)CO)cc2)OC[C@@H](O)[C@@H]1O. The molecule has 1 amide bonds. The number of hydrogen-bond acceptors (Lipinski definition) is 7. The second-order valence-electron chi connectivity index (χ2n) is 9.76. The van der Waals surface area contributed by atoms with E-state index in [1.165, 1.54) is 6.08 Å². The number of aromatic amines is 1. The smallest absolute Gasteiger partial charge is 0.238 e. The lowest BCUT2D eigenvalue weighted by Gasteiger charge is -2.36. The van der Waals surface area contributed by atoms with Gasteiger partial charge < -0.3 is 30.1 Å². The maximum absolute atomic E-state index is 11.9. The molecule has 5 N–H and O–H groups in total. The molecule has 9 nitrogen and oxygen atoms in total. The molecular formula is C27H39N3O6. The predicted molar refractivity (Wildman–Crippen MR) is 136 cm³/mol. The molecule has 0 radical (unpaired) electrons. The van der Waals surface area contributed by atoms with Crippen molar-refractivity contribution in [2.75, 3.05) is 13.2 Å². The van der Waals surface area contributed by atoms with E-state index in [1.54, 1.807) is 6.92 Å². The fourth-order valence-electron chi connectivity index (χ4n) is 4.27. The van der Waals surface area contributed by atoms with Gasteiger partial charge in [0, 0.05) is 30.1 Å². The number of aliphatic hydroxyl groups is 3. The van der Waals surface area contributed by atoms with Crippen LogP contribution < -0.4 is 10.1 Å². The van der Waals surface area contributed by atoms with Gasteiger partial charge in [-0.3, -0.25) is 9.89 Å². The van der Waals surface area contributed by atoms with E-state index in [0.29, 0.717) is 18.7 Å². The summed E-state index contributed by atoms with van der Waals surface area (Å²) in [6.45, 7) is 9.57. The standard InChI is InChI=1S/C27H39N3O6/c1-5-20-25(34)22(32)15-35-27(20)36-26-21(24(16(2)3)29-30-26)13-19-11-9-18(10-12-19)7-6-8-23(33)28-17(4)14-31/h5,9-12,16-17,20,22,25,27,31-32,34H,1,6-8,13-15H2,2-4H3,(H,28,33)(H,29,30)/t17-,20?,22+,25+,27-/m0/s1. The molecule has 1 aliphatic heterocycles. The molecule has 36 heavy (non-hydrogen) atoms. The monoisotopic (exact) mass is 501 g/mol. The maximum atomic E-state index is 11.9. The number of nitrogens with zero attached hydrogens (tertiary/aromatic N) is 1. The van der Waals surface area contributed by atoms with Crippen molar-refractivity contribution in [2.24, 2.45) is 5.92 Å². The van der Waals surface area contributed by atoms with E-state index < -0.39 is 24.4 Å². The van der Waals surface area contributed by atoms with Crippen LogP contribution in [0, 0.1) is 5.92 Å². The Balaban J connectivity index is 1.65. The van der Waals surface area contributed by atoms with Gasteiger partial charge in [-0.05, 0) is 36.8 Å². The molecule has 5 atom stereocenters. The van der Waals surface area contributed by atoms with Crippen molar-refractivity contribution in [2.45, 2.75) is 76.9 Å². The Morgan fingerprint density at radius 3 is 2.61 bits per heavy atom. The first-order chi connectivity index (χ1) is 17.2. The Morgan fingerprint density at radius 2 is 1.97 bits per heavy atom. The number of benzene rings is 1. The average molecular weight is 502 g/mol. The molecule has 0 bridgehead atoms. The number of H-pyrrole nitrogens is 1. The van der Waals surface area contributed by atoms with Crippen molar-refractivity contribution in [3.05, 3.63) is 59.3 Å². The van der Waals surface area contributed by atoms with Gasteiger partial charge >= 0.3 is 0 Å². The van der Waals surface area contributed by atoms with E-state index in [0.717, 1.165) is 35.2 Å². The summed E-state index contributed by atoms with van der Waals surface area (Å²) in [4.78, 5) is 11.9. The minimum Gasteiger partial charge on any atom is -0.446 e. The molecule has 3 rings (SSSR count). The molecule has 2 heterocycles. The van der Waals surface area contributed by atoms with E-state index in [1.807, 2.05) is 0 Å². The van der Waals surface area contributed by atoms with Crippen LogP contribution in [0.1, 0.15) is 61.9 Å². The first-order valence-corrected chi connectivity index (χ1v) is 12.6. The van der Waals surface area contributed by atoms with E-state index in [9.17, 15) is 15.0 Å². The summed E-state index contributed by atoms with van der Waals surface area (Å²) in [7, 11) is 0. The fourth-order valence-corrected chi connectivity index (χ4v) is 4.27. The van der Waals surface area contributed by atoms with E-state index >= 15 is 0 Å². The fraction of sp³-hybridized carbons (Fsp3) is 0.556. The third-order valence-electron chi connectivity index (χ3n) is 6.43. The van der Waals surface area contributed by atoms with Gasteiger partial charge in [-0.25, -0.2) is 0 Å². The van der Waals surface area contributed by atoms with Crippen LogP contribution in [0.2, 0.25) is 0 Å². The van der Waals surface area contributed by atoms with Crippen molar-refractivity contribution < 1.29 is 29.6 Å². The largest absolute Gasteiger partial charge is 0.446 e. The van der Waals surface area contributed by atoms with E-state index in [-0.39, 0.29) is 31.1 Å². The zero-order valence-corrected chi connectivity index (χ0v) is 21.3. The summed E-state index contributed by atoms with van der Waals surface area (Å²) in [6.07, 6.45) is 1.24. The quantitative estimate of drug-likeness (QED) is 0.281. The van der Waals surface area contributed by atoms with Crippen molar-refractivity contribution in [1.29, 1.82) is 0 Å². The maximum Gasteiger partial charge on any atom is 0.238 e. The molecule has 1 saturated heterocycles. The van der Waals surface area contributed by atoms with Crippen LogP contribution in [0.25, 0.3) is 0 Å². The first kappa shape index (κ1) is 27.9. The molecule has 2 aromatic rings. The number of aromatic nitrogens is 2. The van der Waals surface area contributed by atoms with Crippen LogP contribution in [0.15, 0.2) is 36.9 Å². The summed E-state index contributed by atoms with van der Waals surface area (Å²) < 4.78 is 11.7. The van der Waals surface area contributed by atoms with Crippen molar-refractivity contribution in [1.82, 2.24) is 15.5 Å². The lowest BCUT2D eigenvalue weighted by Crippen LogP contribution is -2.50. The summed E-state index contributed by atoms with van der Waals surface area (Å²) in [5.74, 6) is -0.0383. The molecule has 1 aromatic carbocycles. The number of nitrogens with one attached hydrogen (secondary N) is 2. The zero-order chi connectivity index (χ0) is 26.2. The first-order valence-electron chi connectivity index (χ1n) is 12.6. The Hall–Kier alpha value is -2.72. The van der Waals surface area contributed by atoms with Gasteiger partial charge in [-0.15, -0.1) is 11.7 Å². The molecule has 0 saturated carbocycles. The van der Waals surface area contributed by atoms with Gasteiger partial charge in [0.25, 0.3) is 0 Å². The summed E-state index contributed by atoms with van der Waals surface area (Å²) in [5, 5.41) is 39.5. The third-order valence-corrected chi connectivity index (χ3v) is 6.43. The minimum atomic E-state index is -1.02. The highest BCUT2D eigenvalue weighted by Crippen LogP contribution is 2.32. The van der Waals surface area contributed by atoms with Crippen molar-refractivity contribution >= 4 is 5.91 Å². The Morgan fingerprint density at radius 1 is 1.28 bits per heavy atom. The highest BCUT2D eigenvalue weighted by molar-refractivity contribution is 5.76. The summed E-state index contributed by atoms with van der Waals surface area (Å²) in [5.41, 5.74) is 4.11. The molecule has 0 spiro atoms. The zero-order valence-electron chi connectivity index (χ0n) is 21.3. The van der Waals surface area contributed by atoms with E-state index in [2.05, 4.69) is 60.2 Å².